The highest BCUT2D eigenvalue weighted by Gasteiger charge is 2.26. The number of nitrogens with one attached hydrogen (secondary N) is 1. The first-order valence-electron chi connectivity index (χ1n) is 6.50. The normalized spacial score (nSPS) is 13.9. The summed E-state index contributed by atoms with van der Waals surface area (Å²) >= 11 is 12.2. The Morgan fingerprint density at radius 1 is 1.23 bits per heavy atom. The molecule has 1 amide bonds. The van der Waals surface area contributed by atoms with Crippen LogP contribution in [0.5, 0.6) is 0 Å². The maximum atomic E-state index is 12.5. The minimum Gasteiger partial charge on any atom is -0.323 e. The molecule has 0 aliphatic carbocycles. The van der Waals surface area contributed by atoms with Gasteiger partial charge in [-0.1, -0.05) is 29.3 Å². The maximum Gasteiger partial charge on any atom is 0.280 e. The lowest BCUT2D eigenvalue weighted by Gasteiger charge is -2.19. The molecule has 1 aromatic carbocycles. The van der Waals surface area contributed by atoms with Crippen LogP contribution in [0, 0.1) is 0 Å². The lowest BCUT2D eigenvalue weighted by molar-refractivity contribution is 0.0852. The van der Waals surface area contributed by atoms with E-state index in [1.807, 2.05) is 0 Å². The van der Waals surface area contributed by atoms with Crippen molar-refractivity contribution in [1.82, 2.24) is 14.9 Å². The van der Waals surface area contributed by atoms with E-state index in [0.29, 0.717) is 34.8 Å². The Labute approximate surface area is 136 Å². The maximum absolute atomic E-state index is 12.5. The first-order valence-corrected chi connectivity index (χ1v) is 7.26. The van der Waals surface area contributed by atoms with Gasteiger partial charge in [0.2, 0.25) is 5.96 Å². The van der Waals surface area contributed by atoms with Crippen LogP contribution >= 0.6 is 23.2 Å². The van der Waals surface area contributed by atoms with E-state index in [1.54, 1.807) is 18.2 Å². The Morgan fingerprint density at radius 2 is 2.00 bits per heavy atom. The average molecular weight is 336 g/mol. The molecule has 1 aromatic heterocycles. The van der Waals surface area contributed by atoms with E-state index in [1.165, 1.54) is 23.5 Å². The number of hydrogen-bond acceptors (Lipinski definition) is 5. The van der Waals surface area contributed by atoms with Crippen LogP contribution in [0.25, 0.3) is 0 Å². The van der Waals surface area contributed by atoms with Crippen molar-refractivity contribution < 1.29 is 4.79 Å². The fourth-order valence-electron chi connectivity index (χ4n) is 2.03. The Kier molecular flexibility index (Phi) is 4.22. The van der Waals surface area contributed by atoms with Crippen LogP contribution in [-0.4, -0.2) is 39.8 Å². The van der Waals surface area contributed by atoms with E-state index >= 15 is 0 Å². The molecule has 0 atom stereocenters. The lowest BCUT2D eigenvalue weighted by Crippen LogP contribution is -2.38. The van der Waals surface area contributed by atoms with Gasteiger partial charge in [0.15, 0.2) is 0 Å². The van der Waals surface area contributed by atoms with Crippen LogP contribution in [0.3, 0.4) is 0 Å². The zero-order valence-electron chi connectivity index (χ0n) is 11.3. The van der Waals surface area contributed by atoms with Crippen LogP contribution < -0.4 is 5.32 Å². The van der Waals surface area contributed by atoms with E-state index in [0.717, 1.165) is 0 Å². The summed E-state index contributed by atoms with van der Waals surface area (Å²) in [6, 6.07) is 5.16. The smallest absolute Gasteiger partial charge is 0.280 e. The molecule has 6 nitrogen and oxygen atoms in total. The Bertz CT molecular complexity index is 715. The van der Waals surface area contributed by atoms with Crippen LogP contribution in [0.2, 0.25) is 10.0 Å². The third-order valence-electron chi connectivity index (χ3n) is 3.07. The van der Waals surface area contributed by atoms with Gasteiger partial charge in [-0.05, 0) is 12.1 Å². The second-order valence-electron chi connectivity index (χ2n) is 4.47. The molecule has 0 fully saturated rings. The van der Waals surface area contributed by atoms with Crippen LogP contribution in [0.15, 0.2) is 41.8 Å². The summed E-state index contributed by atoms with van der Waals surface area (Å²) in [7, 11) is 0. The number of rotatable bonds is 2. The molecular formula is C14H11Cl2N5O. The molecular weight excluding hydrogens is 325 g/mol. The standard InChI is InChI=1S/C14H11Cl2N5O/c15-9-2-1-3-10(16)12(9)20-14-19-6-7-21(14)13(22)11-8-17-4-5-18-11/h1-5,8H,6-7H2,(H,19,20). The number of carbonyl (C=O) groups excluding carboxylic acids is 1. The van der Waals surface area contributed by atoms with Gasteiger partial charge >= 0.3 is 0 Å². The van der Waals surface area contributed by atoms with Gasteiger partial charge in [-0.2, -0.15) is 0 Å². The fraction of sp³-hybridized carbons (Fsp3) is 0.143. The third kappa shape index (κ3) is 2.88. The number of para-hydroxylation sites is 1. The van der Waals surface area contributed by atoms with Gasteiger partial charge < -0.3 is 5.32 Å². The van der Waals surface area contributed by atoms with Gasteiger partial charge in [-0.25, -0.2) is 4.98 Å². The number of carbonyl (C=O) groups is 1. The van der Waals surface area contributed by atoms with Gasteiger partial charge in [0.1, 0.15) is 5.69 Å². The van der Waals surface area contributed by atoms with Crippen molar-refractivity contribution in [2.24, 2.45) is 4.99 Å². The van der Waals surface area contributed by atoms with E-state index < -0.39 is 0 Å². The molecule has 3 rings (SSSR count). The van der Waals surface area contributed by atoms with E-state index in [-0.39, 0.29) is 11.6 Å². The topological polar surface area (TPSA) is 70.5 Å². The first kappa shape index (κ1) is 14.7. The van der Waals surface area contributed by atoms with Crippen molar-refractivity contribution in [1.29, 1.82) is 0 Å². The highest BCUT2D eigenvalue weighted by atomic mass is 35.5. The molecule has 1 N–H and O–H groups in total. The average Bonchev–Trinajstić information content (AvgIpc) is 2.99. The second kappa shape index (κ2) is 6.29. The SMILES string of the molecule is O=C(c1cnccn1)N1CCN=C1Nc1c(Cl)cccc1Cl. The summed E-state index contributed by atoms with van der Waals surface area (Å²) in [4.78, 5) is 26.1. The van der Waals surface area contributed by atoms with Crippen molar-refractivity contribution in [3.63, 3.8) is 0 Å². The summed E-state index contributed by atoms with van der Waals surface area (Å²) in [5.74, 6) is 0.116. The Balaban J connectivity index is 1.84. The Hall–Kier alpha value is -2.18. The van der Waals surface area contributed by atoms with E-state index in [9.17, 15) is 4.79 Å². The second-order valence-corrected chi connectivity index (χ2v) is 5.29. The van der Waals surface area contributed by atoms with Crippen molar-refractivity contribution in [2.45, 2.75) is 0 Å². The van der Waals surface area contributed by atoms with Crippen LogP contribution in [-0.2, 0) is 0 Å². The number of guanidine groups is 1. The molecule has 8 heteroatoms. The van der Waals surface area contributed by atoms with Gasteiger partial charge in [0.25, 0.3) is 5.91 Å². The number of halogens is 2. The number of benzene rings is 1. The minimum absolute atomic E-state index is 0.254. The first-order chi connectivity index (χ1) is 10.7. The number of nitrogens with zero attached hydrogens (tertiary/aromatic N) is 4. The zero-order chi connectivity index (χ0) is 15.5. The van der Waals surface area contributed by atoms with Gasteiger partial charge in [-0.15, -0.1) is 0 Å². The van der Waals surface area contributed by atoms with Crippen molar-refractivity contribution in [3.05, 3.63) is 52.5 Å². The molecule has 22 heavy (non-hydrogen) atoms. The lowest BCUT2D eigenvalue weighted by atomic mass is 10.3. The molecule has 0 unspecified atom stereocenters. The minimum atomic E-state index is -0.278. The predicted octanol–water partition coefficient (Wildman–Crippen LogP) is 2.71. The highest BCUT2D eigenvalue weighted by Crippen LogP contribution is 2.30. The summed E-state index contributed by atoms with van der Waals surface area (Å²) in [5.41, 5.74) is 0.771. The number of aromatic nitrogens is 2. The molecule has 0 radical (unpaired) electrons. The van der Waals surface area contributed by atoms with Crippen LogP contribution in [0.4, 0.5) is 5.69 Å². The van der Waals surface area contributed by atoms with Crippen molar-refractivity contribution in [2.75, 3.05) is 18.4 Å². The van der Waals surface area contributed by atoms with Crippen molar-refractivity contribution in [3.8, 4) is 0 Å². The van der Waals surface area contributed by atoms with Gasteiger partial charge in [-0.3, -0.25) is 19.7 Å². The number of amides is 1. The molecule has 0 saturated carbocycles. The summed E-state index contributed by atoms with van der Waals surface area (Å²) in [6.45, 7) is 0.955. The van der Waals surface area contributed by atoms with Gasteiger partial charge in [0.05, 0.1) is 28.5 Å². The number of anilines is 1. The zero-order valence-corrected chi connectivity index (χ0v) is 12.8. The molecule has 1 aliphatic rings. The monoisotopic (exact) mass is 335 g/mol. The molecule has 0 bridgehead atoms. The molecule has 112 valence electrons. The molecule has 0 spiro atoms. The summed E-state index contributed by atoms with van der Waals surface area (Å²) in [5, 5.41) is 3.93. The van der Waals surface area contributed by atoms with Crippen molar-refractivity contribution >= 4 is 40.8 Å². The van der Waals surface area contributed by atoms with E-state index in [4.69, 9.17) is 23.2 Å². The summed E-state index contributed by atoms with van der Waals surface area (Å²) < 4.78 is 0. The molecule has 2 aromatic rings. The third-order valence-corrected chi connectivity index (χ3v) is 3.70. The quantitative estimate of drug-likeness (QED) is 0.915. The van der Waals surface area contributed by atoms with E-state index in [2.05, 4.69) is 20.3 Å². The predicted molar refractivity (Wildman–Crippen MR) is 85.5 cm³/mol. The largest absolute Gasteiger partial charge is 0.323 e. The van der Waals surface area contributed by atoms with Gasteiger partial charge in [0, 0.05) is 18.9 Å². The Morgan fingerprint density at radius 3 is 2.68 bits per heavy atom. The fourth-order valence-corrected chi connectivity index (χ4v) is 2.52. The number of aliphatic imine (C=N–C) groups is 1. The number of hydrogen-bond donors (Lipinski definition) is 1. The molecule has 1 aliphatic heterocycles. The summed E-state index contributed by atoms with van der Waals surface area (Å²) in [6.07, 6.45) is 4.40. The molecule has 0 saturated heterocycles. The van der Waals surface area contributed by atoms with Crippen LogP contribution in [0.1, 0.15) is 10.5 Å². The molecule has 2 heterocycles. The highest BCUT2D eigenvalue weighted by molar-refractivity contribution is 6.39.